The maximum Gasteiger partial charge on any atom is 0.266 e. The van der Waals surface area contributed by atoms with Gasteiger partial charge in [-0.25, -0.2) is 17.6 Å². The van der Waals surface area contributed by atoms with Gasteiger partial charge in [-0.15, -0.1) is 0 Å². The average molecular weight is 453 g/mol. The van der Waals surface area contributed by atoms with Crippen LogP contribution in [0.1, 0.15) is 11.1 Å². The number of H-pyrrole nitrogens is 1. The summed E-state index contributed by atoms with van der Waals surface area (Å²) < 4.78 is 60.9. The first-order valence-electron chi connectivity index (χ1n) is 7.69. The molecule has 0 saturated heterocycles. The largest absolute Gasteiger partial charge is 0.487 e. The van der Waals surface area contributed by atoms with E-state index in [1.54, 1.807) is 6.07 Å². The lowest BCUT2D eigenvalue weighted by Crippen LogP contribution is -2.11. The molecule has 9 heteroatoms. The van der Waals surface area contributed by atoms with Crippen LogP contribution in [0.3, 0.4) is 0 Å². The monoisotopic (exact) mass is 452 g/mol. The number of aromatic amines is 1. The van der Waals surface area contributed by atoms with Gasteiger partial charge in [-0.1, -0.05) is 0 Å². The summed E-state index contributed by atoms with van der Waals surface area (Å²) in [5.74, 6) is -3.99. The van der Waals surface area contributed by atoms with Gasteiger partial charge in [0.25, 0.3) is 5.56 Å². The summed E-state index contributed by atoms with van der Waals surface area (Å²) in [5, 5.41) is 8.81. The van der Waals surface area contributed by atoms with Gasteiger partial charge in [0.15, 0.2) is 0 Å². The molecule has 3 rings (SSSR count). The minimum atomic E-state index is -1.05. The van der Waals surface area contributed by atoms with Crippen molar-refractivity contribution in [1.82, 2.24) is 4.98 Å². The molecule has 0 amide bonds. The van der Waals surface area contributed by atoms with Gasteiger partial charge in [0, 0.05) is 23.4 Å². The van der Waals surface area contributed by atoms with Gasteiger partial charge in [-0.2, -0.15) is 5.26 Å². The molecule has 28 heavy (non-hydrogen) atoms. The fourth-order valence-corrected chi connectivity index (χ4v) is 2.94. The topological polar surface area (TPSA) is 65.9 Å². The van der Waals surface area contributed by atoms with Crippen LogP contribution in [0, 0.1) is 34.6 Å². The third-order valence-corrected chi connectivity index (χ3v) is 4.54. The number of ether oxygens (including phenoxy) is 1. The van der Waals surface area contributed by atoms with E-state index in [0.29, 0.717) is 6.07 Å². The molecule has 142 valence electrons. The zero-order chi connectivity index (χ0) is 20.4. The Hall–Kier alpha value is -3.12. The quantitative estimate of drug-likeness (QED) is 0.577. The first-order valence-corrected chi connectivity index (χ1v) is 8.48. The highest BCUT2D eigenvalue weighted by Crippen LogP contribution is 2.37. The molecular weight excluding hydrogens is 444 g/mol. The number of halogens is 5. The maximum atomic E-state index is 14.4. The van der Waals surface area contributed by atoms with E-state index in [9.17, 15) is 22.4 Å². The Morgan fingerprint density at radius 1 is 1.07 bits per heavy atom. The van der Waals surface area contributed by atoms with Gasteiger partial charge in [-0.3, -0.25) is 4.79 Å². The predicted molar refractivity (Wildman–Crippen MR) is 95.5 cm³/mol. The van der Waals surface area contributed by atoms with Crippen molar-refractivity contribution in [2.75, 3.05) is 0 Å². The Morgan fingerprint density at radius 2 is 1.75 bits per heavy atom. The number of hydrogen-bond acceptors (Lipinski definition) is 3. The Labute approximate surface area is 164 Å². The summed E-state index contributed by atoms with van der Waals surface area (Å²) in [4.78, 5) is 14.2. The highest BCUT2D eigenvalue weighted by molar-refractivity contribution is 9.10. The van der Waals surface area contributed by atoms with E-state index < -0.39 is 41.0 Å². The molecule has 1 N–H and O–H groups in total. The molecule has 0 atom stereocenters. The third kappa shape index (κ3) is 3.77. The second kappa shape index (κ2) is 7.86. The fraction of sp³-hybridized carbons (Fsp3) is 0.0526. The number of nitriles is 1. The van der Waals surface area contributed by atoms with Crippen LogP contribution < -0.4 is 10.3 Å². The van der Waals surface area contributed by atoms with Crippen LogP contribution >= 0.6 is 15.9 Å². The molecule has 1 heterocycles. The number of nitrogens with zero attached hydrogens (tertiary/aromatic N) is 1. The lowest BCUT2D eigenvalue weighted by atomic mass is 10.0. The molecule has 3 aromatic rings. The van der Waals surface area contributed by atoms with Crippen LogP contribution in [-0.2, 0) is 6.61 Å². The molecule has 0 saturated carbocycles. The highest BCUT2D eigenvalue weighted by atomic mass is 79.9. The summed E-state index contributed by atoms with van der Waals surface area (Å²) in [6, 6.07) is 6.13. The number of nitrogens with one attached hydrogen (secondary N) is 1. The number of pyridine rings is 1. The number of rotatable bonds is 4. The maximum absolute atomic E-state index is 14.4. The van der Waals surface area contributed by atoms with Crippen molar-refractivity contribution in [3.8, 4) is 22.9 Å². The van der Waals surface area contributed by atoms with E-state index in [1.165, 1.54) is 0 Å². The summed E-state index contributed by atoms with van der Waals surface area (Å²) >= 11 is 2.99. The Kier molecular flexibility index (Phi) is 5.51. The Morgan fingerprint density at radius 3 is 2.36 bits per heavy atom. The van der Waals surface area contributed by atoms with Crippen molar-refractivity contribution in [3.63, 3.8) is 0 Å². The third-order valence-electron chi connectivity index (χ3n) is 3.82. The molecule has 0 aliphatic heterocycles. The van der Waals surface area contributed by atoms with E-state index in [1.807, 2.05) is 0 Å². The minimum Gasteiger partial charge on any atom is -0.487 e. The smallest absolute Gasteiger partial charge is 0.266 e. The van der Waals surface area contributed by atoms with E-state index in [4.69, 9.17) is 10.00 Å². The first kappa shape index (κ1) is 19.6. The average Bonchev–Trinajstić information content (AvgIpc) is 2.64. The van der Waals surface area contributed by atoms with Crippen molar-refractivity contribution < 1.29 is 22.3 Å². The molecular formula is C19H9BrF4N2O2. The highest BCUT2D eigenvalue weighted by Gasteiger charge is 2.21. The Balaban J connectivity index is 2.09. The SMILES string of the molecule is N#Cc1cc(F)c(-c2c[nH]c(=O)c(Br)c2OCc2ccc(F)cc2F)c(F)c1. The van der Waals surface area contributed by atoms with Crippen LogP contribution in [0.4, 0.5) is 17.6 Å². The summed E-state index contributed by atoms with van der Waals surface area (Å²) in [5.41, 5.74) is -1.59. The van der Waals surface area contributed by atoms with Crippen LogP contribution in [-0.4, -0.2) is 4.98 Å². The van der Waals surface area contributed by atoms with Crippen LogP contribution in [0.2, 0.25) is 0 Å². The molecule has 1 aromatic heterocycles. The van der Waals surface area contributed by atoms with Crippen LogP contribution in [0.15, 0.2) is 45.8 Å². The number of hydrogen-bond donors (Lipinski definition) is 1. The molecule has 0 fully saturated rings. The Bertz CT molecular complexity index is 1150. The zero-order valence-electron chi connectivity index (χ0n) is 13.8. The minimum absolute atomic E-state index is 0.0275. The van der Waals surface area contributed by atoms with E-state index in [-0.39, 0.29) is 26.9 Å². The lowest BCUT2D eigenvalue weighted by molar-refractivity contribution is 0.298. The van der Waals surface area contributed by atoms with E-state index in [0.717, 1.165) is 30.5 Å². The predicted octanol–water partition coefficient (Wildman–Crippen LogP) is 4.81. The van der Waals surface area contributed by atoms with Crippen molar-refractivity contribution in [2.45, 2.75) is 6.61 Å². The van der Waals surface area contributed by atoms with E-state index in [2.05, 4.69) is 20.9 Å². The van der Waals surface area contributed by atoms with Gasteiger partial charge >= 0.3 is 0 Å². The second-order valence-corrected chi connectivity index (χ2v) is 6.42. The van der Waals surface area contributed by atoms with Gasteiger partial charge in [0.05, 0.1) is 17.2 Å². The molecule has 0 bridgehead atoms. The van der Waals surface area contributed by atoms with Gasteiger partial charge in [0.2, 0.25) is 0 Å². The molecule has 4 nitrogen and oxygen atoms in total. The molecule has 2 aromatic carbocycles. The molecule has 0 aliphatic rings. The normalized spacial score (nSPS) is 10.6. The van der Waals surface area contributed by atoms with Crippen molar-refractivity contribution in [1.29, 1.82) is 5.26 Å². The molecule has 0 aliphatic carbocycles. The van der Waals surface area contributed by atoms with Crippen LogP contribution in [0.25, 0.3) is 11.1 Å². The van der Waals surface area contributed by atoms with Crippen molar-refractivity contribution >= 4 is 15.9 Å². The molecule has 0 radical (unpaired) electrons. The first-order chi connectivity index (χ1) is 13.3. The van der Waals surface area contributed by atoms with Crippen molar-refractivity contribution in [2.24, 2.45) is 0 Å². The summed E-state index contributed by atoms with van der Waals surface area (Å²) in [6.07, 6.45) is 1.04. The lowest BCUT2D eigenvalue weighted by Gasteiger charge is -2.14. The standard InChI is InChI=1S/C19H9BrF4N2O2/c20-17-18(28-8-10-1-2-11(21)5-13(10)22)12(7-26-19(17)27)16-14(23)3-9(6-25)4-15(16)24/h1-5,7H,8H2,(H,26,27). The van der Waals surface area contributed by atoms with Gasteiger partial charge in [-0.05, 0) is 40.2 Å². The van der Waals surface area contributed by atoms with Gasteiger partial charge in [0.1, 0.15) is 40.1 Å². The molecule has 0 spiro atoms. The van der Waals surface area contributed by atoms with E-state index >= 15 is 0 Å². The van der Waals surface area contributed by atoms with Crippen LogP contribution in [0.5, 0.6) is 5.75 Å². The fourth-order valence-electron chi connectivity index (χ4n) is 2.50. The second-order valence-electron chi connectivity index (χ2n) is 5.63. The summed E-state index contributed by atoms with van der Waals surface area (Å²) in [7, 11) is 0. The number of benzene rings is 2. The zero-order valence-corrected chi connectivity index (χ0v) is 15.4. The molecule has 0 unspecified atom stereocenters. The summed E-state index contributed by atoms with van der Waals surface area (Å²) in [6.45, 7) is -0.430. The van der Waals surface area contributed by atoms with Gasteiger partial charge < -0.3 is 9.72 Å². The number of aromatic nitrogens is 1. The van der Waals surface area contributed by atoms with Crippen molar-refractivity contribution in [3.05, 3.63) is 85.8 Å².